The van der Waals surface area contributed by atoms with E-state index >= 15 is 0 Å². The average Bonchev–Trinajstić information content (AvgIpc) is 3.08. The molecule has 9 heteroatoms. The number of esters is 2. The summed E-state index contributed by atoms with van der Waals surface area (Å²) in [7, 11) is 1.30. The molecule has 0 aliphatic rings. The van der Waals surface area contributed by atoms with Crippen LogP contribution in [0.1, 0.15) is 38.8 Å². The summed E-state index contributed by atoms with van der Waals surface area (Å²) in [6.07, 6.45) is 2.90. The zero-order valence-electron chi connectivity index (χ0n) is 17.9. The topological polar surface area (TPSA) is 112 Å². The molecule has 3 rings (SSSR count). The van der Waals surface area contributed by atoms with Crippen LogP contribution in [0.5, 0.6) is 0 Å². The molecule has 0 fully saturated rings. The number of carbonyl (C=O) groups excluding carboxylic acids is 2. The standard InChI is InChI=1S/C24H21NO7S/c1-3-32-21(26)13-20-25(14-16-6-10-18(11-7-16)24(30)31-2)22(27)19(33-20)12-15-4-8-17(9-5-15)23(28)29/h4-13H,3,14H2,1-2H3,(H,28,29)/b19-12-,20-13-. The Kier molecular flexibility index (Phi) is 7.57. The minimum Gasteiger partial charge on any atom is -0.478 e. The van der Waals surface area contributed by atoms with Gasteiger partial charge in [0.2, 0.25) is 0 Å². The van der Waals surface area contributed by atoms with Crippen LogP contribution in [0, 0.1) is 0 Å². The number of aromatic carboxylic acids is 1. The first-order valence-corrected chi connectivity index (χ1v) is 10.7. The molecule has 0 amide bonds. The van der Waals surface area contributed by atoms with Crippen molar-refractivity contribution in [1.82, 2.24) is 4.57 Å². The van der Waals surface area contributed by atoms with E-state index in [1.54, 1.807) is 49.4 Å². The molecule has 1 heterocycles. The predicted molar refractivity (Wildman–Crippen MR) is 123 cm³/mol. The summed E-state index contributed by atoms with van der Waals surface area (Å²) < 4.78 is 11.9. The monoisotopic (exact) mass is 467 g/mol. The van der Waals surface area contributed by atoms with Gasteiger partial charge in [0.05, 0.1) is 42.0 Å². The number of aromatic nitrogens is 1. The number of rotatable bonds is 7. The Morgan fingerprint density at radius 2 is 1.67 bits per heavy atom. The third kappa shape index (κ3) is 5.83. The molecule has 0 unspecified atom stereocenters. The first-order chi connectivity index (χ1) is 15.8. The van der Waals surface area contributed by atoms with Gasteiger partial charge in [-0.1, -0.05) is 24.3 Å². The Labute approximate surface area is 192 Å². The van der Waals surface area contributed by atoms with E-state index in [0.717, 1.165) is 16.9 Å². The highest BCUT2D eigenvalue weighted by atomic mass is 32.1. The number of hydrogen-bond donors (Lipinski definition) is 1. The van der Waals surface area contributed by atoms with Gasteiger partial charge >= 0.3 is 17.9 Å². The lowest BCUT2D eigenvalue weighted by Crippen LogP contribution is -2.32. The van der Waals surface area contributed by atoms with E-state index in [4.69, 9.17) is 14.6 Å². The lowest BCUT2D eigenvalue weighted by atomic mass is 10.1. The first-order valence-electron chi connectivity index (χ1n) is 9.93. The number of carbonyl (C=O) groups is 3. The molecular formula is C24H21NO7S. The maximum atomic E-state index is 13.1. The molecule has 0 aliphatic heterocycles. The van der Waals surface area contributed by atoms with Gasteiger partial charge in [0.1, 0.15) is 4.66 Å². The van der Waals surface area contributed by atoms with Gasteiger partial charge in [-0.05, 0) is 48.4 Å². The van der Waals surface area contributed by atoms with Crippen LogP contribution in [0.2, 0.25) is 0 Å². The number of thiazole rings is 1. The number of nitrogens with zero attached hydrogens (tertiary/aromatic N) is 1. The smallest absolute Gasteiger partial charge is 0.337 e. The molecule has 0 spiro atoms. The second-order valence-corrected chi connectivity index (χ2v) is 7.91. The summed E-state index contributed by atoms with van der Waals surface area (Å²) >= 11 is 1.12. The summed E-state index contributed by atoms with van der Waals surface area (Å²) in [5.41, 5.74) is 1.61. The predicted octanol–water partition coefficient (Wildman–Crippen LogP) is 1.62. The molecule has 2 aromatic carbocycles. The minimum absolute atomic E-state index is 0.141. The molecule has 1 aromatic heterocycles. The van der Waals surface area contributed by atoms with E-state index in [2.05, 4.69) is 0 Å². The maximum Gasteiger partial charge on any atom is 0.337 e. The number of carboxylic acid groups (broad SMARTS) is 1. The summed E-state index contributed by atoms with van der Waals surface area (Å²) in [5.74, 6) is -2.06. The van der Waals surface area contributed by atoms with E-state index in [0.29, 0.717) is 20.3 Å². The van der Waals surface area contributed by atoms with Crippen molar-refractivity contribution in [1.29, 1.82) is 0 Å². The van der Waals surface area contributed by atoms with Crippen molar-refractivity contribution >= 4 is 41.4 Å². The minimum atomic E-state index is -1.04. The molecule has 0 saturated carbocycles. The molecule has 0 bridgehead atoms. The molecule has 33 heavy (non-hydrogen) atoms. The van der Waals surface area contributed by atoms with Crippen molar-refractivity contribution in [2.75, 3.05) is 13.7 Å². The molecule has 1 N–H and O–H groups in total. The van der Waals surface area contributed by atoms with Crippen LogP contribution in [0.3, 0.4) is 0 Å². The lowest BCUT2D eigenvalue weighted by Gasteiger charge is -2.04. The van der Waals surface area contributed by atoms with Crippen molar-refractivity contribution in [3.8, 4) is 0 Å². The fraction of sp³-hybridized carbons (Fsp3) is 0.167. The van der Waals surface area contributed by atoms with Crippen molar-refractivity contribution in [2.45, 2.75) is 13.5 Å². The van der Waals surface area contributed by atoms with Gasteiger partial charge in [-0.3, -0.25) is 9.36 Å². The quantitative estimate of drug-likeness (QED) is 0.526. The fourth-order valence-corrected chi connectivity index (χ4v) is 4.03. The van der Waals surface area contributed by atoms with Gasteiger partial charge in [-0.25, -0.2) is 14.4 Å². The Morgan fingerprint density at radius 1 is 1.03 bits per heavy atom. The van der Waals surface area contributed by atoms with Gasteiger partial charge in [0.25, 0.3) is 5.56 Å². The van der Waals surface area contributed by atoms with Crippen LogP contribution in [-0.4, -0.2) is 41.3 Å². The Balaban J connectivity index is 2.05. The van der Waals surface area contributed by atoms with Crippen molar-refractivity contribution in [3.63, 3.8) is 0 Å². The molecule has 0 aliphatic carbocycles. The van der Waals surface area contributed by atoms with Gasteiger partial charge in [-0.2, -0.15) is 0 Å². The van der Waals surface area contributed by atoms with Crippen molar-refractivity contribution in [2.24, 2.45) is 0 Å². The van der Waals surface area contributed by atoms with E-state index in [1.807, 2.05) is 0 Å². The second-order valence-electron chi connectivity index (χ2n) is 6.85. The van der Waals surface area contributed by atoms with Crippen LogP contribution in [0.25, 0.3) is 12.2 Å². The average molecular weight is 467 g/mol. The Morgan fingerprint density at radius 3 is 2.24 bits per heavy atom. The van der Waals surface area contributed by atoms with Crippen molar-refractivity contribution < 1.29 is 29.0 Å². The zero-order valence-corrected chi connectivity index (χ0v) is 18.8. The summed E-state index contributed by atoms with van der Waals surface area (Å²) in [5, 5.41) is 9.04. The molecule has 8 nitrogen and oxygen atoms in total. The number of carboxylic acids is 1. The van der Waals surface area contributed by atoms with Gasteiger partial charge in [0.15, 0.2) is 0 Å². The lowest BCUT2D eigenvalue weighted by molar-refractivity contribution is -0.135. The van der Waals surface area contributed by atoms with E-state index in [9.17, 15) is 19.2 Å². The molecule has 170 valence electrons. The van der Waals surface area contributed by atoms with Crippen LogP contribution in [0.4, 0.5) is 0 Å². The van der Waals surface area contributed by atoms with Crippen LogP contribution in [0.15, 0.2) is 53.3 Å². The molecule has 3 aromatic rings. The third-order valence-electron chi connectivity index (χ3n) is 4.64. The molecule has 0 saturated heterocycles. The number of benzene rings is 2. The number of ether oxygens (including phenoxy) is 2. The molecular weight excluding hydrogens is 446 g/mol. The van der Waals surface area contributed by atoms with Gasteiger partial charge in [-0.15, -0.1) is 11.3 Å². The highest BCUT2D eigenvalue weighted by Crippen LogP contribution is 2.07. The molecule has 0 atom stereocenters. The normalized spacial score (nSPS) is 11.9. The SMILES string of the molecule is CCOC(=O)/C=c1\s/c(=C\c2ccc(C(=O)O)cc2)c(=O)n1Cc1ccc(C(=O)OC)cc1. The van der Waals surface area contributed by atoms with E-state index in [-0.39, 0.29) is 24.3 Å². The number of hydrogen-bond acceptors (Lipinski definition) is 7. The maximum absolute atomic E-state index is 13.1. The van der Waals surface area contributed by atoms with E-state index < -0.39 is 17.9 Å². The highest BCUT2D eigenvalue weighted by molar-refractivity contribution is 7.07. The van der Waals surface area contributed by atoms with Gasteiger partial charge < -0.3 is 14.6 Å². The number of methoxy groups -OCH3 is 1. The van der Waals surface area contributed by atoms with Crippen LogP contribution in [-0.2, 0) is 20.8 Å². The zero-order chi connectivity index (χ0) is 24.0. The summed E-state index contributed by atoms with van der Waals surface area (Å²) in [6.45, 7) is 2.07. The van der Waals surface area contributed by atoms with E-state index in [1.165, 1.54) is 29.9 Å². The van der Waals surface area contributed by atoms with Crippen molar-refractivity contribution in [3.05, 3.63) is 90.3 Å². The first kappa shape index (κ1) is 23.7. The Hall–Kier alpha value is -3.98. The summed E-state index contributed by atoms with van der Waals surface area (Å²) in [4.78, 5) is 47.9. The van der Waals surface area contributed by atoms with Crippen LogP contribution >= 0.6 is 11.3 Å². The van der Waals surface area contributed by atoms with Gasteiger partial charge in [0, 0.05) is 0 Å². The highest BCUT2D eigenvalue weighted by Gasteiger charge is 2.10. The Bertz CT molecular complexity index is 1350. The van der Waals surface area contributed by atoms with Crippen LogP contribution < -0.4 is 14.8 Å². The third-order valence-corrected chi connectivity index (χ3v) is 5.70. The largest absolute Gasteiger partial charge is 0.478 e. The fourth-order valence-electron chi connectivity index (χ4n) is 3.00. The second kappa shape index (κ2) is 10.6. The molecule has 0 radical (unpaired) electrons. The summed E-state index contributed by atoms with van der Waals surface area (Å²) in [6, 6.07) is 12.7.